The van der Waals surface area contributed by atoms with Crippen molar-refractivity contribution in [1.29, 1.82) is 0 Å². The molecule has 1 aliphatic heterocycles. The predicted molar refractivity (Wildman–Crippen MR) is 98.9 cm³/mol. The van der Waals surface area contributed by atoms with Gasteiger partial charge >= 0.3 is 0 Å². The second kappa shape index (κ2) is 8.33. The van der Waals surface area contributed by atoms with Gasteiger partial charge in [-0.3, -0.25) is 9.59 Å². The summed E-state index contributed by atoms with van der Waals surface area (Å²) in [6, 6.07) is 6.97. The first-order valence-electron chi connectivity index (χ1n) is 8.05. The van der Waals surface area contributed by atoms with Gasteiger partial charge in [0.25, 0.3) is 0 Å². The monoisotopic (exact) mass is 366 g/mol. The van der Waals surface area contributed by atoms with E-state index in [4.69, 9.17) is 10.5 Å². The van der Waals surface area contributed by atoms with Gasteiger partial charge in [-0.2, -0.15) is 0 Å². The van der Waals surface area contributed by atoms with Gasteiger partial charge in [0.15, 0.2) is 0 Å². The first kappa shape index (κ1) is 19.2. The van der Waals surface area contributed by atoms with Crippen LogP contribution in [0.3, 0.4) is 0 Å². The molecule has 0 unspecified atom stereocenters. The van der Waals surface area contributed by atoms with Crippen LogP contribution in [0.2, 0.25) is 0 Å². The average molecular weight is 367 g/mol. The Bertz CT molecular complexity index is 753. The number of hydrogen-bond donors (Lipinski definition) is 2. The van der Waals surface area contributed by atoms with Gasteiger partial charge in [0.1, 0.15) is 6.54 Å². The van der Waals surface area contributed by atoms with Crippen LogP contribution in [0.4, 0.5) is 5.69 Å². The number of hydrogen-bond acceptors (Lipinski definition) is 4. The summed E-state index contributed by atoms with van der Waals surface area (Å²) in [5.41, 5.74) is 7.21. The number of halogens is 1. The Labute approximate surface area is 152 Å². The number of fused-ring (bicyclic) bond motifs is 1. The fraction of sp³-hybridized carbons (Fsp3) is 0.412. The number of nitrogens with zero attached hydrogens (tertiary/aromatic N) is 2. The molecule has 0 bridgehead atoms. The Morgan fingerprint density at radius 2 is 2.00 bits per heavy atom. The first-order valence-corrected chi connectivity index (χ1v) is 8.05. The smallest absolute Gasteiger partial charge is 0.242 e. The summed E-state index contributed by atoms with van der Waals surface area (Å²) in [6.45, 7) is 4.43. The number of aromatic nitrogens is 1. The summed E-state index contributed by atoms with van der Waals surface area (Å²) < 4.78 is 7.19. The predicted octanol–water partition coefficient (Wildman–Crippen LogP) is 1.21. The fourth-order valence-electron chi connectivity index (χ4n) is 2.73. The van der Waals surface area contributed by atoms with Gasteiger partial charge in [0, 0.05) is 35.9 Å². The van der Waals surface area contributed by atoms with Crippen LogP contribution in [0.5, 0.6) is 0 Å². The number of amides is 2. The molecule has 0 spiro atoms. The van der Waals surface area contributed by atoms with Crippen LogP contribution < -0.4 is 11.1 Å². The second-order valence-corrected chi connectivity index (χ2v) is 5.99. The molecule has 1 aliphatic rings. The first-order chi connectivity index (χ1) is 11.5. The van der Waals surface area contributed by atoms with E-state index in [1.165, 1.54) is 0 Å². The number of nitrogens with two attached hydrogens (primary N) is 1. The molecule has 3 rings (SSSR count). The molecule has 0 aliphatic carbocycles. The van der Waals surface area contributed by atoms with E-state index in [2.05, 4.69) is 5.32 Å². The van der Waals surface area contributed by atoms with Gasteiger partial charge in [-0.05, 0) is 31.2 Å². The van der Waals surface area contributed by atoms with E-state index in [1.807, 2.05) is 39.9 Å². The normalized spacial score (nSPS) is 15.5. The van der Waals surface area contributed by atoms with Crippen molar-refractivity contribution >= 4 is 40.8 Å². The van der Waals surface area contributed by atoms with Crippen molar-refractivity contribution < 1.29 is 14.3 Å². The van der Waals surface area contributed by atoms with Gasteiger partial charge in [-0.1, -0.05) is 0 Å². The average Bonchev–Trinajstić information content (AvgIpc) is 2.97. The number of ether oxygens (including phenoxy) is 1. The molecule has 3 N–H and O–H groups in total. The third kappa shape index (κ3) is 4.50. The molecule has 1 fully saturated rings. The molecule has 1 saturated heterocycles. The molecule has 1 aromatic carbocycles. The summed E-state index contributed by atoms with van der Waals surface area (Å²) in [5.74, 6) is -0.138. The van der Waals surface area contributed by atoms with Gasteiger partial charge in [0.2, 0.25) is 11.8 Å². The molecule has 25 heavy (non-hydrogen) atoms. The van der Waals surface area contributed by atoms with Gasteiger partial charge in [0.05, 0.1) is 19.3 Å². The van der Waals surface area contributed by atoms with Crippen molar-refractivity contribution in [3.05, 3.63) is 30.5 Å². The van der Waals surface area contributed by atoms with Gasteiger partial charge in [-0.25, -0.2) is 0 Å². The Morgan fingerprint density at radius 3 is 2.68 bits per heavy atom. The topological polar surface area (TPSA) is 89.6 Å². The van der Waals surface area contributed by atoms with Crippen molar-refractivity contribution in [2.75, 3.05) is 31.6 Å². The van der Waals surface area contributed by atoms with E-state index >= 15 is 0 Å². The van der Waals surface area contributed by atoms with Crippen LogP contribution in [0.15, 0.2) is 30.5 Å². The molecule has 0 radical (unpaired) electrons. The summed E-state index contributed by atoms with van der Waals surface area (Å²) in [5, 5.41) is 3.74. The highest BCUT2D eigenvalue weighted by atomic mass is 35.5. The number of rotatable bonds is 4. The largest absolute Gasteiger partial charge is 0.378 e. The van der Waals surface area contributed by atoms with Gasteiger partial charge < -0.3 is 25.3 Å². The summed E-state index contributed by atoms with van der Waals surface area (Å²) in [6.07, 6.45) is 1.89. The summed E-state index contributed by atoms with van der Waals surface area (Å²) in [7, 11) is 0. The second-order valence-electron chi connectivity index (χ2n) is 5.99. The maximum atomic E-state index is 12.4. The van der Waals surface area contributed by atoms with Crippen molar-refractivity contribution in [3.63, 3.8) is 0 Å². The molecule has 1 aromatic heterocycles. The third-order valence-corrected chi connectivity index (χ3v) is 4.12. The zero-order chi connectivity index (χ0) is 17.1. The summed E-state index contributed by atoms with van der Waals surface area (Å²) in [4.78, 5) is 25.9. The van der Waals surface area contributed by atoms with Crippen molar-refractivity contribution in [2.45, 2.75) is 19.5 Å². The summed E-state index contributed by atoms with van der Waals surface area (Å²) >= 11 is 0. The lowest BCUT2D eigenvalue weighted by atomic mass is 10.2. The molecular formula is C17H23ClN4O3. The molecule has 136 valence electrons. The Kier molecular flexibility index (Phi) is 6.41. The van der Waals surface area contributed by atoms with Crippen molar-refractivity contribution in [1.82, 2.24) is 9.47 Å². The van der Waals surface area contributed by atoms with Crippen LogP contribution in [-0.4, -0.2) is 53.6 Å². The number of carbonyl (C=O) groups excluding carboxylic acids is 2. The molecule has 2 heterocycles. The Balaban J connectivity index is 0.00000225. The van der Waals surface area contributed by atoms with Crippen LogP contribution >= 0.6 is 12.4 Å². The van der Waals surface area contributed by atoms with Crippen molar-refractivity contribution in [2.24, 2.45) is 5.73 Å². The lowest BCUT2D eigenvalue weighted by Gasteiger charge is -2.27. The van der Waals surface area contributed by atoms with Crippen LogP contribution in [0.1, 0.15) is 6.92 Å². The maximum Gasteiger partial charge on any atom is 0.242 e. The van der Waals surface area contributed by atoms with Crippen LogP contribution in [-0.2, 0) is 20.9 Å². The fourth-order valence-corrected chi connectivity index (χ4v) is 2.73. The number of nitrogens with one attached hydrogen (secondary N) is 1. The van der Waals surface area contributed by atoms with E-state index in [0.29, 0.717) is 38.5 Å². The Hall–Kier alpha value is -2.09. The molecular weight excluding hydrogens is 344 g/mol. The standard InChI is InChI=1S/C17H22N4O3.ClH/c1-12(18)17(23)19-14-2-3-15-13(10-14)4-5-21(15)11-16(22)20-6-8-24-9-7-20;/h2-5,10,12H,6-9,11,18H2,1H3,(H,19,23);1H/t12-;/m1./s1. The lowest BCUT2D eigenvalue weighted by molar-refractivity contribution is -0.135. The molecule has 2 amide bonds. The Morgan fingerprint density at radius 1 is 1.28 bits per heavy atom. The van der Waals surface area contributed by atoms with E-state index in [0.717, 1.165) is 10.9 Å². The minimum Gasteiger partial charge on any atom is -0.378 e. The molecule has 1 atom stereocenters. The quantitative estimate of drug-likeness (QED) is 0.851. The number of carbonyl (C=O) groups is 2. The SMILES string of the molecule is C[C@@H](N)C(=O)Nc1ccc2c(ccn2CC(=O)N2CCOCC2)c1.Cl. The zero-order valence-corrected chi connectivity index (χ0v) is 14.9. The van der Waals surface area contributed by atoms with Crippen molar-refractivity contribution in [3.8, 4) is 0 Å². The minimum atomic E-state index is -0.559. The van der Waals surface area contributed by atoms with E-state index in [-0.39, 0.29) is 24.2 Å². The number of anilines is 1. The lowest BCUT2D eigenvalue weighted by Crippen LogP contribution is -2.42. The van der Waals surface area contributed by atoms with Gasteiger partial charge in [-0.15, -0.1) is 12.4 Å². The van der Waals surface area contributed by atoms with E-state index < -0.39 is 6.04 Å². The molecule has 0 saturated carbocycles. The van der Waals surface area contributed by atoms with Crippen LogP contribution in [0.25, 0.3) is 10.9 Å². The zero-order valence-electron chi connectivity index (χ0n) is 14.1. The highest BCUT2D eigenvalue weighted by Gasteiger charge is 2.17. The highest BCUT2D eigenvalue weighted by molar-refractivity contribution is 5.96. The van der Waals surface area contributed by atoms with E-state index in [1.54, 1.807) is 6.92 Å². The van der Waals surface area contributed by atoms with Crippen LogP contribution in [0, 0.1) is 0 Å². The third-order valence-electron chi connectivity index (χ3n) is 4.12. The highest BCUT2D eigenvalue weighted by Crippen LogP contribution is 2.21. The minimum absolute atomic E-state index is 0. The molecule has 2 aromatic rings. The van der Waals surface area contributed by atoms with E-state index in [9.17, 15) is 9.59 Å². The maximum absolute atomic E-state index is 12.4. The molecule has 7 nitrogen and oxygen atoms in total. The number of morpholine rings is 1. The number of benzene rings is 1. The molecule has 8 heteroatoms.